The van der Waals surface area contributed by atoms with E-state index >= 15 is 0 Å². The molecule has 0 radical (unpaired) electrons. The molecule has 0 saturated heterocycles. The molecule has 0 bridgehead atoms. The molecule has 1 atom stereocenters. The first-order valence-electron chi connectivity index (χ1n) is 5.14. The van der Waals surface area contributed by atoms with Gasteiger partial charge in [-0.2, -0.15) is 5.10 Å². The van der Waals surface area contributed by atoms with E-state index in [0.29, 0.717) is 11.6 Å². The van der Waals surface area contributed by atoms with Crippen LogP contribution in [-0.2, 0) is 0 Å². The van der Waals surface area contributed by atoms with E-state index in [1.54, 1.807) is 31.2 Å². The van der Waals surface area contributed by atoms with Crippen molar-refractivity contribution in [3.63, 3.8) is 0 Å². The van der Waals surface area contributed by atoms with Gasteiger partial charge in [0.1, 0.15) is 17.9 Å². The van der Waals surface area contributed by atoms with Crippen LogP contribution in [0, 0.1) is 0 Å². The summed E-state index contributed by atoms with van der Waals surface area (Å²) in [7, 11) is 0. The second-order valence-corrected chi connectivity index (χ2v) is 3.44. The average Bonchev–Trinajstić information content (AvgIpc) is 2.83. The van der Waals surface area contributed by atoms with E-state index in [1.165, 1.54) is 6.33 Å². The standard InChI is InChI=1S/C11H12N4O2/c1-8(10-12-7-13-15-10)14-11(16)17-9-5-3-2-4-6-9/h2-8H,1H3,(H,14,16)(H,12,13,15). The number of aromatic nitrogens is 3. The number of carbonyl (C=O) groups is 1. The lowest BCUT2D eigenvalue weighted by Crippen LogP contribution is -2.30. The van der Waals surface area contributed by atoms with E-state index in [9.17, 15) is 4.79 Å². The number of para-hydroxylation sites is 1. The van der Waals surface area contributed by atoms with Crippen molar-refractivity contribution in [1.29, 1.82) is 0 Å². The number of hydrogen-bond acceptors (Lipinski definition) is 4. The van der Waals surface area contributed by atoms with E-state index in [1.807, 2.05) is 6.07 Å². The number of nitrogens with zero attached hydrogens (tertiary/aromatic N) is 2. The molecule has 1 unspecified atom stereocenters. The fourth-order valence-corrected chi connectivity index (χ4v) is 1.29. The monoisotopic (exact) mass is 232 g/mol. The molecule has 0 aliphatic heterocycles. The van der Waals surface area contributed by atoms with Gasteiger partial charge in [0.15, 0.2) is 0 Å². The lowest BCUT2D eigenvalue weighted by Gasteiger charge is -2.10. The van der Waals surface area contributed by atoms with Gasteiger partial charge >= 0.3 is 6.09 Å². The van der Waals surface area contributed by atoms with Gasteiger partial charge in [-0.1, -0.05) is 18.2 Å². The summed E-state index contributed by atoms with van der Waals surface area (Å²) < 4.78 is 5.07. The van der Waals surface area contributed by atoms with Crippen LogP contribution in [0.4, 0.5) is 4.79 Å². The smallest absolute Gasteiger partial charge is 0.410 e. The number of amides is 1. The first kappa shape index (κ1) is 11.1. The minimum atomic E-state index is -0.528. The van der Waals surface area contributed by atoms with Crippen LogP contribution in [0.1, 0.15) is 18.8 Å². The summed E-state index contributed by atoms with van der Waals surface area (Å²) in [5.41, 5.74) is 0. The second-order valence-electron chi connectivity index (χ2n) is 3.44. The maximum atomic E-state index is 11.5. The molecule has 1 heterocycles. The van der Waals surface area contributed by atoms with E-state index in [4.69, 9.17) is 4.74 Å². The zero-order valence-corrected chi connectivity index (χ0v) is 9.25. The summed E-state index contributed by atoms with van der Waals surface area (Å²) in [5, 5.41) is 9.02. The van der Waals surface area contributed by atoms with E-state index in [0.717, 1.165) is 0 Å². The summed E-state index contributed by atoms with van der Waals surface area (Å²) in [6, 6.07) is 8.57. The molecular formula is C11H12N4O2. The highest BCUT2D eigenvalue weighted by molar-refractivity contribution is 5.70. The first-order valence-corrected chi connectivity index (χ1v) is 5.14. The van der Waals surface area contributed by atoms with E-state index in [-0.39, 0.29) is 6.04 Å². The van der Waals surface area contributed by atoms with Crippen molar-refractivity contribution in [2.24, 2.45) is 0 Å². The summed E-state index contributed by atoms with van der Waals surface area (Å²) in [4.78, 5) is 15.5. The number of aromatic amines is 1. The number of benzene rings is 1. The van der Waals surface area contributed by atoms with Crippen LogP contribution in [0.5, 0.6) is 5.75 Å². The highest BCUT2D eigenvalue weighted by Gasteiger charge is 2.12. The summed E-state index contributed by atoms with van der Waals surface area (Å²) >= 11 is 0. The van der Waals surface area contributed by atoms with Crippen LogP contribution < -0.4 is 10.1 Å². The van der Waals surface area contributed by atoms with Crippen molar-refractivity contribution in [3.05, 3.63) is 42.5 Å². The first-order chi connectivity index (χ1) is 8.25. The van der Waals surface area contributed by atoms with Crippen molar-refractivity contribution in [2.45, 2.75) is 13.0 Å². The molecule has 2 N–H and O–H groups in total. The normalized spacial score (nSPS) is 11.8. The van der Waals surface area contributed by atoms with Gasteiger partial charge in [-0.05, 0) is 19.1 Å². The molecular weight excluding hydrogens is 220 g/mol. The van der Waals surface area contributed by atoms with E-state index in [2.05, 4.69) is 20.5 Å². The Hall–Kier alpha value is -2.37. The third kappa shape index (κ3) is 3.04. The van der Waals surface area contributed by atoms with Crippen molar-refractivity contribution in [1.82, 2.24) is 20.5 Å². The van der Waals surface area contributed by atoms with Gasteiger partial charge in [0.25, 0.3) is 0 Å². The minimum Gasteiger partial charge on any atom is -0.410 e. The highest BCUT2D eigenvalue weighted by atomic mass is 16.6. The number of H-pyrrole nitrogens is 1. The van der Waals surface area contributed by atoms with Crippen molar-refractivity contribution in [2.75, 3.05) is 0 Å². The molecule has 0 spiro atoms. The largest absolute Gasteiger partial charge is 0.413 e. The molecule has 0 saturated carbocycles. The lowest BCUT2D eigenvalue weighted by atomic mass is 10.3. The summed E-state index contributed by atoms with van der Waals surface area (Å²) in [5.74, 6) is 1.07. The molecule has 0 aliphatic rings. The number of nitrogens with one attached hydrogen (secondary N) is 2. The Morgan fingerprint density at radius 2 is 2.18 bits per heavy atom. The highest BCUT2D eigenvalue weighted by Crippen LogP contribution is 2.10. The molecule has 88 valence electrons. The van der Waals surface area contributed by atoms with Crippen LogP contribution in [-0.4, -0.2) is 21.3 Å². The Balaban J connectivity index is 1.90. The topological polar surface area (TPSA) is 79.9 Å². The second kappa shape index (κ2) is 5.11. The van der Waals surface area contributed by atoms with Gasteiger partial charge in [0, 0.05) is 0 Å². The summed E-state index contributed by atoms with van der Waals surface area (Å²) in [6.45, 7) is 1.78. The zero-order valence-electron chi connectivity index (χ0n) is 9.25. The number of hydrogen-bond donors (Lipinski definition) is 2. The number of rotatable bonds is 3. The lowest BCUT2D eigenvalue weighted by molar-refractivity contribution is 0.196. The molecule has 1 aromatic heterocycles. The average molecular weight is 232 g/mol. The SMILES string of the molecule is CC(NC(=O)Oc1ccccc1)c1ncn[nH]1. The van der Waals surface area contributed by atoms with Gasteiger partial charge in [-0.3, -0.25) is 5.10 Å². The van der Waals surface area contributed by atoms with Gasteiger partial charge in [-0.25, -0.2) is 9.78 Å². The molecule has 17 heavy (non-hydrogen) atoms. The molecule has 1 aromatic carbocycles. The van der Waals surface area contributed by atoms with Gasteiger partial charge < -0.3 is 10.1 Å². The van der Waals surface area contributed by atoms with Gasteiger partial charge in [0.05, 0.1) is 6.04 Å². The molecule has 1 amide bonds. The van der Waals surface area contributed by atoms with Gasteiger partial charge in [0.2, 0.25) is 0 Å². The maximum absolute atomic E-state index is 11.5. The Morgan fingerprint density at radius 3 is 2.82 bits per heavy atom. The van der Waals surface area contributed by atoms with Gasteiger partial charge in [-0.15, -0.1) is 0 Å². The Morgan fingerprint density at radius 1 is 1.41 bits per heavy atom. The molecule has 0 fully saturated rings. The maximum Gasteiger partial charge on any atom is 0.413 e. The zero-order chi connectivity index (χ0) is 12.1. The van der Waals surface area contributed by atoms with Crippen molar-refractivity contribution in [3.8, 4) is 5.75 Å². The van der Waals surface area contributed by atoms with Crippen LogP contribution in [0.2, 0.25) is 0 Å². The molecule has 6 nitrogen and oxygen atoms in total. The minimum absolute atomic E-state index is 0.284. The van der Waals surface area contributed by atoms with Crippen LogP contribution in [0.3, 0.4) is 0 Å². The Kier molecular flexibility index (Phi) is 3.34. The molecule has 2 rings (SSSR count). The van der Waals surface area contributed by atoms with Crippen LogP contribution >= 0.6 is 0 Å². The fourth-order valence-electron chi connectivity index (χ4n) is 1.29. The third-order valence-corrected chi connectivity index (χ3v) is 2.13. The number of ether oxygens (including phenoxy) is 1. The quantitative estimate of drug-likeness (QED) is 0.843. The van der Waals surface area contributed by atoms with E-state index < -0.39 is 6.09 Å². The Labute approximate surface area is 98.0 Å². The third-order valence-electron chi connectivity index (χ3n) is 2.13. The molecule has 6 heteroatoms. The molecule has 2 aromatic rings. The van der Waals surface area contributed by atoms with Crippen molar-refractivity contribution >= 4 is 6.09 Å². The van der Waals surface area contributed by atoms with Crippen LogP contribution in [0.25, 0.3) is 0 Å². The predicted molar refractivity (Wildman–Crippen MR) is 60.4 cm³/mol. The van der Waals surface area contributed by atoms with Crippen molar-refractivity contribution < 1.29 is 9.53 Å². The predicted octanol–water partition coefficient (Wildman–Crippen LogP) is 1.65. The van der Waals surface area contributed by atoms with Crippen LogP contribution in [0.15, 0.2) is 36.7 Å². The molecule has 0 aliphatic carbocycles. The summed E-state index contributed by atoms with van der Waals surface area (Å²) in [6.07, 6.45) is 0.857. The fraction of sp³-hybridized carbons (Fsp3) is 0.182. The number of carbonyl (C=O) groups excluding carboxylic acids is 1. The Bertz CT molecular complexity index is 469.